The summed E-state index contributed by atoms with van der Waals surface area (Å²) in [5.74, 6) is -1.66. The topological polar surface area (TPSA) is 66.4 Å². The lowest BCUT2D eigenvalue weighted by atomic mass is 10.2. The van der Waals surface area contributed by atoms with Crippen molar-refractivity contribution in [1.82, 2.24) is 0 Å². The van der Waals surface area contributed by atoms with Gasteiger partial charge in [-0.1, -0.05) is 22.0 Å². The largest absolute Gasteiger partial charge is 0.481 e. The minimum atomic E-state index is -1.14. The summed E-state index contributed by atoms with van der Waals surface area (Å²) in [7, 11) is 0. The molecule has 0 fully saturated rings. The third kappa shape index (κ3) is 3.71. The van der Waals surface area contributed by atoms with Crippen molar-refractivity contribution in [3.63, 3.8) is 0 Å². The van der Waals surface area contributed by atoms with E-state index in [9.17, 15) is 9.59 Å². The predicted molar refractivity (Wildman–Crippen MR) is 59.8 cm³/mol. The van der Waals surface area contributed by atoms with Gasteiger partial charge in [-0.05, 0) is 24.6 Å². The fraction of sp³-hybridized carbons (Fsp3) is 0.200. The van der Waals surface area contributed by atoms with Gasteiger partial charge in [-0.15, -0.1) is 0 Å². The van der Waals surface area contributed by atoms with Gasteiger partial charge in [-0.3, -0.25) is 9.59 Å². The van der Waals surface area contributed by atoms with Gasteiger partial charge in [0.25, 0.3) is 0 Å². The minimum absolute atomic E-state index is 0.522. The monoisotopic (exact) mass is 271 g/mol. The second-order valence-electron chi connectivity index (χ2n) is 3.08. The zero-order valence-corrected chi connectivity index (χ0v) is 9.67. The molecule has 5 heteroatoms. The van der Waals surface area contributed by atoms with Gasteiger partial charge in [0.2, 0.25) is 5.91 Å². The van der Waals surface area contributed by atoms with Crippen LogP contribution in [0, 0.1) is 6.92 Å². The van der Waals surface area contributed by atoms with E-state index in [-0.39, 0.29) is 0 Å². The second kappa shape index (κ2) is 4.93. The molecular formula is C10H10BrNO3. The fourth-order valence-electron chi connectivity index (χ4n) is 1.06. The van der Waals surface area contributed by atoms with Crippen molar-refractivity contribution in [2.45, 2.75) is 13.3 Å². The van der Waals surface area contributed by atoms with Crippen LogP contribution in [0.3, 0.4) is 0 Å². The number of hydrogen-bond donors (Lipinski definition) is 2. The Balaban J connectivity index is 2.76. The molecule has 1 aromatic rings. The third-order valence-electron chi connectivity index (χ3n) is 1.79. The molecule has 0 radical (unpaired) electrons. The number of carbonyl (C=O) groups excluding carboxylic acids is 1. The Morgan fingerprint density at radius 1 is 1.47 bits per heavy atom. The molecule has 2 N–H and O–H groups in total. The highest BCUT2D eigenvalue weighted by Crippen LogP contribution is 2.20. The Kier molecular flexibility index (Phi) is 3.85. The van der Waals surface area contributed by atoms with Crippen molar-refractivity contribution >= 4 is 33.5 Å². The highest BCUT2D eigenvalue weighted by Gasteiger charge is 2.09. The van der Waals surface area contributed by atoms with Crippen LogP contribution in [-0.4, -0.2) is 17.0 Å². The summed E-state index contributed by atoms with van der Waals surface area (Å²) in [5.41, 5.74) is 1.51. The number of rotatable bonds is 3. The molecule has 80 valence electrons. The van der Waals surface area contributed by atoms with E-state index in [2.05, 4.69) is 21.2 Å². The Hall–Kier alpha value is -1.36. The number of amides is 1. The first-order valence-corrected chi connectivity index (χ1v) is 5.06. The highest BCUT2D eigenvalue weighted by molar-refractivity contribution is 9.10. The van der Waals surface area contributed by atoms with Gasteiger partial charge in [0.05, 0.1) is 0 Å². The predicted octanol–water partition coefficient (Wildman–Crippen LogP) is 2.17. The van der Waals surface area contributed by atoms with Crippen LogP contribution in [0.2, 0.25) is 0 Å². The maximum Gasteiger partial charge on any atom is 0.312 e. The maximum absolute atomic E-state index is 11.2. The van der Waals surface area contributed by atoms with E-state index in [0.29, 0.717) is 5.69 Å². The molecule has 0 heterocycles. The zero-order chi connectivity index (χ0) is 11.4. The van der Waals surface area contributed by atoms with E-state index in [4.69, 9.17) is 5.11 Å². The minimum Gasteiger partial charge on any atom is -0.481 e. The van der Waals surface area contributed by atoms with Gasteiger partial charge >= 0.3 is 5.97 Å². The number of carboxylic acid groups (broad SMARTS) is 1. The Labute approximate surface area is 95.4 Å². The van der Waals surface area contributed by atoms with Gasteiger partial charge in [-0.2, -0.15) is 0 Å². The zero-order valence-electron chi connectivity index (χ0n) is 8.08. The second-order valence-corrected chi connectivity index (χ2v) is 3.99. The van der Waals surface area contributed by atoms with Crippen LogP contribution in [0.25, 0.3) is 0 Å². The van der Waals surface area contributed by atoms with Crippen LogP contribution in [0.4, 0.5) is 5.69 Å². The summed E-state index contributed by atoms with van der Waals surface area (Å²) in [6.45, 7) is 1.84. The first-order chi connectivity index (χ1) is 6.99. The number of halogens is 1. The number of carbonyl (C=O) groups is 2. The van der Waals surface area contributed by atoms with Crippen LogP contribution < -0.4 is 5.32 Å². The van der Waals surface area contributed by atoms with Crippen molar-refractivity contribution in [1.29, 1.82) is 0 Å². The molecular weight excluding hydrogens is 262 g/mol. The number of nitrogens with one attached hydrogen (secondary N) is 1. The van der Waals surface area contributed by atoms with Gasteiger partial charge in [0.1, 0.15) is 6.42 Å². The van der Waals surface area contributed by atoms with Crippen molar-refractivity contribution in [2.24, 2.45) is 0 Å². The van der Waals surface area contributed by atoms with Crippen LogP contribution >= 0.6 is 15.9 Å². The molecule has 0 bridgehead atoms. The van der Waals surface area contributed by atoms with E-state index >= 15 is 0 Å². The first-order valence-electron chi connectivity index (χ1n) is 4.27. The first kappa shape index (κ1) is 11.7. The van der Waals surface area contributed by atoms with Gasteiger partial charge in [0.15, 0.2) is 0 Å². The molecule has 0 aliphatic carbocycles. The maximum atomic E-state index is 11.2. The lowest BCUT2D eigenvalue weighted by Crippen LogP contribution is -2.16. The van der Waals surface area contributed by atoms with E-state index in [1.54, 1.807) is 6.07 Å². The summed E-state index contributed by atoms with van der Waals surface area (Å²) < 4.78 is 0.832. The van der Waals surface area contributed by atoms with Crippen molar-refractivity contribution in [2.75, 3.05) is 5.32 Å². The van der Waals surface area contributed by atoms with Crippen molar-refractivity contribution < 1.29 is 14.7 Å². The molecule has 1 rings (SSSR count). The lowest BCUT2D eigenvalue weighted by Gasteiger charge is -2.07. The number of carboxylic acids is 1. The molecule has 0 spiro atoms. The molecule has 0 unspecified atom stereocenters. The Bertz CT molecular complexity index is 404. The summed E-state index contributed by atoms with van der Waals surface area (Å²) in [4.78, 5) is 21.5. The van der Waals surface area contributed by atoms with Crippen LogP contribution in [0.5, 0.6) is 0 Å². The molecule has 4 nitrogen and oxygen atoms in total. The number of aliphatic carboxylic acids is 1. The summed E-state index contributed by atoms with van der Waals surface area (Å²) in [6, 6.07) is 5.41. The van der Waals surface area contributed by atoms with Crippen LogP contribution in [0.15, 0.2) is 22.7 Å². The lowest BCUT2D eigenvalue weighted by molar-refractivity contribution is -0.139. The van der Waals surface area contributed by atoms with Gasteiger partial charge < -0.3 is 10.4 Å². The van der Waals surface area contributed by atoms with E-state index in [1.165, 1.54) is 0 Å². The fourth-order valence-corrected chi connectivity index (χ4v) is 1.42. The molecule has 1 aromatic carbocycles. The summed E-state index contributed by atoms with van der Waals surface area (Å²) in [6.07, 6.45) is -0.522. The van der Waals surface area contributed by atoms with E-state index < -0.39 is 18.3 Å². The average molecular weight is 272 g/mol. The molecule has 0 saturated carbocycles. The SMILES string of the molecule is Cc1ccc(Br)cc1NC(=O)CC(=O)O. The standard InChI is InChI=1S/C10H10BrNO3/c1-6-2-3-7(11)4-8(6)12-9(13)5-10(14)15/h2-4H,5H2,1H3,(H,12,13)(H,14,15). The number of hydrogen-bond acceptors (Lipinski definition) is 2. The normalized spacial score (nSPS) is 9.73. The Morgan fingerprint density at radius 2 is 2.13 bits per heavy atom. The van der Waals surface area contributed by atoms with Crippen LogP contribution in [0.1, 0.15) is 12.0 Å². The van der Waals surface area contributed by atoms with Gasteiger partial charge in [0, 0.05) is 10.2 Å². The molecule has 0 aromatic heterocycles. The van der Waals surface area contributed by atoms with Crippen molar-refractivity contribution in [3.8, 4) is 0 Å². The quantitative estimate of drug-likeness (QED) is 0.829. The summed E-state index contributed by atoms with van der Waals surface area (Å²) in [5, 5.41) is 10.9. The van der Waals surface area contributed by atoms with Crippen molar-refractivity contribution in [3.05, 3.63) is 28.2 Å². The molecule has 0 aliphatic rings. The Morgan fingerprint density at radius 3 is 2.73 bits per heavy atom. The highest BCUT2D eigenvalue weighted by atomic mass is 79.9. The molecule has 0 atom stereocenters. The molecule has 1 amide bonds. The smallest absolute Gasteiger partial charge is 0.312 e. The third-order valence-corrected chi connectivity index (χ3v) is 2.28. The van der Waals surface area contributed by atoms with E-state index in [0.717, 1.165) is 10.0 Å². The number of benzene rings is 1. The molecule has 0 saturated heterocycles. The molecule has 0 aliphatic heterocycles. The van der Waals surface area contributed by atoms with Crippen LogP contribution in [-0.2, 0) is 9.59 Å². The van der Waals surface area contributed by atoms with E-state index in [1.807, 2.05) is 19.1 Å². The number of anilines is 1. The average Bonchev–Trinajstić information content (AvgIpc) is 2.10. The van der Waals surface area contributed by atoms with Gasteiger partial charge in [-0.25, -0.2) is 0 Å². The number of aryl methyl sites for hydroxylation is 1. The summed E-state index contributed by atoms with van der Waals surface area (Å²) >= 11 is 3.27. The molecule has 15 heavy (non-hydrogen) atoms.